The molecule has 0 aromatic rings. The molecule has 0 amide bonds. The van der Waals surface area contributed by atoms with Gasteiger partial charge in [-0.25, -0.2) is 0 Å². The van der Waals surface area contributed by atoms with Crippen LogP contribution in [0.15, 0.2) is 0 Å². The van der Waals surface area contributed by atoms with Crippen LogP contribution in [0.25, 0.3) is 0 Å². The third-order valence-corrected chi connectivity index (χ3v) is 2.35. The Bertz CT molecular complexity index is 88.7. The van der Waals surface area contributed by atoms with Gasteiger partial charge in [-0.2, -0.15) is 0 Å². The molecule has 0 aromatic carbocycles. The van der Waals surface area contributed by atoms with Crippen LogP contribution in [0.5, 0.6) is 0 Å². The van der Waals surface area contributed by atoms with E-state index >= 15 is 0 Å². The van der Waals surface area contributed by atoms with Gasteiger partial charge in [0.2, 0.25) is 0 Å². The Morgan fingerprint density at radius 3 is 2.80 bits per heavy atom. The van der Waals surface area contributed by atoms with E-state index in [1.165, 1.54) is 32.1 Å². The molecule has 0 bridgehead atoms. The highest BCUT2D eigenvalue weighted by Crippen LogP contribution is 2.15. The number of hydrogen-bond acceptors (Lipinski definition) is 1. The lowest BCUT2D eigenvalue weighted by Crippen LogP contribution is -2.40. The molecule has 1 aliphatic heterocycles. The fourth-order valence-corrected chi connectivity index (χ4v) is 1.82. The Hall–Kier alpha value is -0.0400. The Labute approximate surface area is 64.2 Å². The van der Waals surface area contributed by atoms with E-state index in [9.17, 15) is 0 Å². The van der Waals surface area contributed by atoms with Crippen molar-refractivity contribution < 1.29 is 0 Å². The van der Waals surface area contributed by atoms with Crippen LogP contribution in [0.2, 0.25) is 0 Å². The van der Waals surface area contributed by atoms with E-state index in [0.29, 0.717) is 0 Å². The predicted octanol–water partition coefficient (Wildman–Crippen LogP) is 2.32. The number of hydrogen-bond donors (Lipinski definition) is 1. The van der Waals surface area contributed by atoms with E-state index < -0.39 is 0 Å². The first kappa shape index (κ1) is 8.06. The zero-order valence-corrected chi connectivity index (χ0v) is 7.19. The largest absolute Gasteiger partial charge is 0.312 e. The van der Waals surface area contributed by atoms with Crippen LogP contribution < -0.4 is 5.32 Å². The minimum Gasteiger partial charge on any atom is -0.312 e. The molecule has 0 radical (unpaired) electrons. The maximum absolute atomic E-state index is 3.62. The average molecular weight is 141 g/mol. The molecule has 2 atom stereocenters. The first-order valence-corrected chi connectivity index (χ1v) is 4.59. The summed E-state index contributed by atoms with van der Waals surface area (Å²) in [5, 5.41) is 3.62. The van der Waals surface area contributed by atoms with Crippen LogP contribution in [-0.4, -0.2) is 12.1 Å². The second-order valence-electron chi connectivity index (χ2n) is 3.48. The summed E-state index contributed by atoms with van der Waals surface area (Å²) in [6.07, 6.45) is 6.89. The summed E-state index contributed by atoms with van der Waals surface area (Å²) in [6, 6.07) is 1.60. The van der Waals surface area contributed by atoms with Crippen molar-refractivity contribution in [2.24, 2.45) is 0 Å². The average Bonchev–Trinajstić information content (AvgIpc) is 1.88. The predicted molar refractivity (Wildman–Crippen MR) is 45.1 cm³/mol. The number of nitrogens with one attached hydrogen (secondary N) is 1. The third kappa shape index (κ3) is 2.30. The number of piperidine rings is 1. The molecule has 10 heavy (non-hydrogen) atoms. The molecule has 0 aromatic heterocycles. The van der Waals surface area contributed by atoms with E-state index in [1.807, 2.05) is 0 Å². The first-order valence-electron chi connectivity index (χ1n) is 4.59. The maximum Gasteiger partial charge on any atom is 0.00694 e. The van der Waals surface area contributed by atoms with Crippen molar-refractivity contribution >= 4 is 0 Å². The van der Waals surface area contributed by atoms with Gasteiger partial charge in [-0.05, 0) is 26.2 Å². The van der Waals surface area contributed by atoms with E-state index in [-0.39, 0.29) is 0 Å². The smallest absolute Gasteiger partial charge is 0.00694 e. The van der Waals surface area contributed by atoms with Crippen LogP contribution in [-0.2, 0) is 0 Å². The molecule has 1 heteroatoms. The van der Waals surface area contributed by atoms with Gasteiger partial charge in [0.1, 0.15) is 0 Å². The summed E-state index contributed by atoms with van der Waals surface area (Å²) >= 11 is 0. The zero-order valence-electron chi connectivity index (χ0n) is 7.19. The van der Waals surface area contributed by atoms with Gasteiger partial charge in [0.15, 0.2) is 0 Å². The van der Waals surface area contributed by atoms with E-state index in [4.69, 9.17) is 0 Å². The monoisotopic (exact) mass is 141 g/mol. The van der Waals surface area contributed by atoms with E-state index in [0.717, 1.165) is 12.1 Å². The minimum absolute atomic E-state index is 0.769. The third-order valence-electron chi connectivity index (χ3n) is 2.35. The fourth-order valence-electron chi connectivity index (χ4n) is 1.82. The van der Waals surface area contributed by atoms with Crippen LogP contribution in [0, 0.1) is 0 Å². The van der Waals surface area contributed by atoms with Gasteiger partial charge in [0.25, 0.3) is 0 Å². The SMILES string of the molecule is CCC[C@H]1CCC[C@@H](C)N1. The Morgan fingerprint density at radius 1 is 1.40 bits per heavy atom. The van der Waals surface area contributed by atoms with Crippen molar-refractivity contribution in [3.63, 3.8) is 0 Å². The lowest BCUT2D eigenvalue weighted by atomic mass is 9.97. The highest BCUT2D eigenvalue weighted by molar-refractivity contribution is 4.76. The molecule has 0 aliphatic carbocycles. The summed E-state index contributed by atoms with van der Waals surface area (Å²) in [7, 11) is 0. The number of rotatable bonds is 2. The summed E-state index contributed by atoms with van der Waals surface area (Å²) in [5.74, 6) is 0. The van der Waals surface area contributed by atoms with Gasteiger partial charge in [-0.1, -0.05) is 19.8 Å². The summed E-state index contributed by atoms with van der Waals surface area (Å²) in [4.78, 5) is 0. The normalized spacial score (nSPS) is 34.2. The maximum atomic E-state index is 3.62. The quantitative estimate of drug-likeness (QED) is 0.622. The second kappa shape index (κ2) is 3.97. The highest BCUT2D eigenvalue weighted by atomic mass is 15.0. The minimum atomic E-state index is 0.769. The zero-order chi connectivity index (χ0) is 7.40. The van der Waals surface area contributed by atoms with Crippen molar-refractivity contribution in [1.82, 2.24) is 5.32 Å². The van der Waals surface area contributed by atoms with Crippen LogP contribution in [0.3, 0.4) is 0 Å². The Kier molecular flexibility index (Phi) is 3.20. The topological polar surface area (TPSA) is 12.0 Å². The molecule has 1 fully saturated rings. The molecule has 0 saturated carbocycles. The molecule has 1 rings (SSSR count). The summed E-state index contributed by atoms with van der Waals surface area (Å²) < 4.78 is 0. The van der Waals surface area contributed by atoms with Gasteiger partial charge < -0.3 is 5.32 Å². The molecule has 1 heterocycles. The van der Waals surface area contributed by atoms with Crippen molar-refractivity contribution in [2.75, 3.05) is 0 Å². The molecule has 1 N–H and O–H groups in total. The molecule has 0 unspecified atom stereocenters. The Balaban J connectivity index is 2.18. The van der Waals surface area contributed by atoms with Crippen molar-refractivity contribution in [3.8, 4) is 0 Å². The van der Waals surface area contributed by atoms with Gasteiger partial charge in [-0.3, -0.25) is 0 Å². The molecule has 1 saturated heterocycles. The van der Waals surface area contributed by atoms with Gasteiger partial charge >= 0.3 is 0 Å². The highest BCUT2D eigenvalue weighted by Gasteiger charge is 2.15. The fraction of sp³-hybridized carbons (Fsp3) is 1.00. The lowest BCUT2D eigenvalue weighted by molar-refractivity contribution is 0.320. The van der Waals surface area contributed by atoms with Crippen LogP contribution in [0.4, 0.5) is 0 Å². The van der Waals surface area contributed by atoms with E-state index in [2.05, 4.69) is 19.2 Å². The van der Waals surface area contributed by atoms with Crippen molar-refractivity contribution in [1.29, 1.82) is 0 Å². The Morgan fingerprint density at radius 2 is 2.20 bits per heavy atom. The van der Waals surface area contributed by atoms with Crippen molar-refractivity contribution in [3.05, 3.63) is 0 Å². The molecular formula is C9H19N. The molecule has 0 spiro atoms. The van der Waals surface area contributed by atoms with Gasteiger partial charge in [-0.15, -0.1) is 0 Å². The standard InChI is InChI=1S/C9H19N/c1-3-5-9-7-4-6-8(2)10-9/h8-10H,3-7H2,1-2H3/t8-,9+/m1/s1. The molecule has 1 nitrogen and oxygen atoms in total. The molecule has 1 aliphatic rings. The van der Waals surface area contributed by atoms with E-state index in [1.54, 1.807) is 0 Å². The molecular weight excluding hydrogens is 122 g/mol. The van der Waals surface area contributed by atoms with Crippen LogP contribution in [0.1, 0.15) is 46.0 Å². The van der Waals surface area contributed by atoms with Crippen LogP contribution >= 0.6 is 0 Å². The lowest BCUT2D eigenvalue weighted by Gasteiger charge is -2.28. The second-order valence-corrected chi connectivity index (χ2v) is 3.48. The van der Waals surface area contributed by atoms with Gasteiger partial charge in [0, 0.05) is 12.1 Å². The van der Waals surface area contributed by atoms with Gasteiger partial charge in [0.05, 0.1) is 0 Å². The summed E-state index contributed by atoms with van der Waals surface area (Å²) in [6.45, 7) is 4.56. The molecule has 60 valence electrons. The van der Waals surface area contributed by atoms with Crippen molar-refractivity contribution in [2.45, 2.75) is 58.0 Å². The summed E-state index contributed by atoms with van der Waals surface area (Å²) in [5.41, 5.74) is 0. The first-order chi connectivity index (χ1) is 4.83.